The normalized spacial score (nSPS) is 10.3. The Labute approximate surface area is 197 Å². The maximum atomic E-state index is 12.5. The van der Waals surface area contributed by atoms with Gasteiger partial charge in [0.2, 0.25) is 17.7 Å². The Hall–Kier alpha value is -2.22. The Balaban J connectivity index is 0.00000420. The number of hydrogen-bond donors (Lipinski definition) is 2. The van der Waals surface area contributed by atoms with Gasteiger partial charge in [-0.2, -0.15) is 18.4 Å². The Kier molecular flexibility index (Phi) is 9.01. The topological polar surface area (TPSA) is 153 Å². The van der Waals surface area contributed by atoms with Crippen molar-refractivity contribution in [1.29, 1.82) is 0 Å². The first kappa shape index (κ1) is 24.8. The van der Waals surface area contributed by atoms with E-state index in [2.05, 4.69) is 20.3 Å². The van der Waals surface area contributed by atoms with Crippen molar-refractivity contribution in [2.45, 2.75) is 5.03 Å². The fourth-order valence-corrected chi connectivity index (χ4v) is 3.01. The molecule has 12 nitrogen and oxygen atoms in total. The number of urea groups is 1. The van der Waals surface area contributed by atoms with Gasteiger partial charge in [0.1, 0.15) is 0 Å². The molecular formula is C15H20CaN6O6S. The second-order valence-corrected chi connectivity index (χ2v) is 6.99. The van der Waals surface area contributed by atoms with Gasteiger partial charge in [-0.05, 0) is 12.1 Å². The van der Waals surface area contributed by atoms with E-state index in [0.717, 1.165) is 0 Å². The van der Waals surface area contributed by atoms with Crippen LogP contribution in [0.25, 0.3) is 0 Å². The summed E-state index contributed by atoms with van der Waals surface area (Å²) in [6.45, 7) is 0. The molecule has 2 heterocycles. The Morgan fingerprint density at radius 1 is 1.10 bits per heavy atom. The van der Waals surface area contributed by atoms with Gasteiger partial charge in [0.05, 0.1) is 25.8 Å². The third-order valence-corrected chi connectivity index (χ3v) is 4.50. The molecule has 0 radical (unpaired) electrons. The molecule has 2 aromatic heterocycles. The van der Waals surface area contributed by atoms with Crippen molar-refractivity contribution >= 4 is 65.6 Å². The number of methoxy groups -OCH3 is 2. The summed E-state index contributed by atoms with van der Waals surface area (Å²) in [6.07, 6.45) is 1.19. The van der Waals surface area contributed by atoms with Crippen molar-refractivity contribution in [2.75, 3.05) is 33.6 Å². The molecular weight excluding hydrogens is 432 g/mol. The minimum atomic E-state index is -4.46. The molecule has 0 unspecified atom stereocenters. The first-order valence-corrected chi connectivity index (χ1v) is 9.13. The van der Waals surface area contributed by atoms with Gasteiger partial charge in [0.15, 0.2) is 5.03 Å². The first-order valence-electron chi connectivity index (χ1n) is 7.65. The molecule has 29 heavy (non-hydrogen) atoms. The van der Waals surface area contributed by atoms with E-state index in [9.17, 15) is 18.0 Å². The van der Waals surface area contributed by atoms with Crippen molar-refractivity contribution in [3.63, 3.8) is 0 Å². The van der Waals surface area contributed by atoms with Crippen LogP contribution in [0.1, 0.15) is 10.4 Å². The Morgan fingerprint density at radius 3 is 2.21 bits per heavy atom. The fraction of sp³-hybridized carbons (Fsp3) is 0.267. The monoisotopic (exact) mass is 452 g/mol. The van der Waals surface area contributed by atoms with Crippen molar-refractivity contribution in [1.82, 2.24) is 24.6 Å². The number of rotatable bonds is 6. The summed E-state index contributed by atoms with van der Waals surface area (Å²) in [5.41, 5.74) is -0.188. The number of nitrogens with zero attached hydrogens (tertiary/aromatic N) is 4. The molecule has 0 aromatic carbocycles. The van der Waals surface area contributed by atoms with E-state index in [1.807, 2.05) is 0 Å². The number of ether oxygens (including phenoxy) is 2. The van der Waals surface area contributed by atoms with Crippen LogP contribution in [0.15, 0.2) is 29.4 Å². The van der Waals surface area contributed by atoms with Crippen molar-refractivity contribution in [3.05, 3.63) is 30.0 Å². The van der Waals surface area contributed by atoms with Crippen molar-refractivity contribution < 1.29 is 27.5 Å². The molecule has 2 rings (SSSR count). The number of anilines is 1. The molecule has 0 saturated heterocycles. The zero-order valence-corrected chi connectivity index (χ0v) is 16.3. The van der Waals surface area contributed by atoms with Crippen molar-refractivity contribution in [2.24, 2.45) is 0 Å². The van der Waals surface area contributed by atoms with Gasteiger partial charge in [-0.15, -0.1) is 0 Å². The number of carbonyl (C=O) groups excluding carboxylic acids is 2. The molecule has 0 bridgehead atoms. The number of amides is 3. The fourth-order valence-electron chi connectivity index (χ4n) is 1.98. The van der Waals surface area contributed by atoms with Gasteiger partial charge in [-0.25, -0.2) is 14.5 Å². The van der Waals surface area contributed by atoms with Gasteiger partial charge in [0, 0.05) is 20.3 Å². The molecule has 0 aliphatic carbocycles. The summed E-state index contributed by atoms with van der Waals surface area (Å²) < 4.78 is 36.7. The number of aromatic nitrogens is 3. The third kappa shape index (κ3) is 6.39. The van der Waals surface area contributed by atoms with Gasteiger partial charge in [-0.3, -0.25) is 10.1 Å². The van der Waals surface area contributed by atoms with Gasteiger partial charge < -0.3 is 14.4 Å². The number of nitrogens with one attached hydrogen (secondary N) is 2. The molecule has 0 fully saturated rings. The van der Waals surface area contributed by atoms with E-state index in [-0.39, 0.29) is 61.0 Å². The zero-order chi connectivity index (χ0) is 20.9. The molecule has 2 N–H and O–H groups in total. The molecule has 154 valence electrons. The number of sulfonamides is 1. The minimum absolute atomic E-state index is 0. The second kappa shape index (κ2) is 10.5. The summed E-state index contributed by atoms with van der Waals surface area (Å²) in [4.78, 5) is 36.9. The van der Waals surface area contributed by atoms with E-state index in [0.29, 0.717) is 0 Å². The summed E-state index contributed by atoms with van der Waals surface area (Å²) in [6, 6.07) is 2.90. The molecule has 0 atom stereocenters. The average Bonchev–Trinajstić information content (AvgIpc) is 2.66. The van der Waals surface area contributed by atoms with Crippen LogP contribution in [0, 0.1) is 0 Å². The number of hydrogen-bond acceptors (Lipinski definition) is 9. The van der Waals surface area contributed by atoms with E-state index >= 15 is 0 Å². The molecule has 0 saturated carbocycles. The van der Waals surface area contributed by atoms with Crippen LogP contribution in [0.3, 0.4) is 0 Å². The van der Waals surface area contributed by atoms with Gasteiger partial charge in [-0.1, -0.05) is 0 Å². The van der Waals surface area contributed by atoms with Crippen LogP contribution in [0.2, 0.25) is 0 Å². The van der Waals surface area contributed by atoms with Gasteiger partial charge in [0.25, 0.3) is 15.9 Å². The average molecular weight is 453 g/mol. The van der Waals surface area contributed by atoms with Crippen LogP contribution >= 0.6 is 0 Å². The molecule has 0 aliphatic rings. The van der Waals surface area contributed by atoms with Crippen LogP contribution in [-0.2, 0) is 10.0 Å². The van der Waals surface area contributed by atoms with Gasteiger partial charge >= 0.3 is 43.8 Å². The predicted octanol–water partition coefficient (Wildman–Crippen LogP) is -0.815. The second-order valence-electron chi connectivity index (χ2n) is 5.39. The summed E-state index contributed by atoms with van der Waals surface area (Å²) in [5.74, 6) is -0.661. The zero-order valence-electron chi connectivity index (χ0n) is 15.5. The first-order chi connectivity index (χ1) is 13.2. The molecule has 3 amide bonds. The van der Waals surface area contributed by atoms with Crippen LogP contribution in [0.5, 0.6) is 11.8 Å². The summed E-state index contributed by atoms with van der Waals surface area (Å²) in [7, 11) is 1.15. The third-order valence-electron chi connectivity index (χ3n) is 3.21. The molecule has 2 aromatic rings. The standard InChI is InChI=1S/C15H18N6O6S.Ca.2H/c1-21(2)13(22)9-6-5-7-16-12(9)28(24,25)20-15(23)19-14-17-10(26-3)8-11(18-14)27-4;;;/h5-8H,1-4H3,(H2,17,18,19,20,23);;;. The van der Waals surface area contributed by atoms with E-state index in [4.69, 9.17) is 9.47 Å². The van der Waals surface area contributed by atoms with Crippen LogP contribution < -0.4 is 19.5 Å². The van der Waals surface area contributed by atoms with Crippen molar-refractivity contribution in [3.8, 4) is 11.8 Å². The van der Waals surface area contributed by atoms with E-state index in [1.165, 1.54) is 57.6 Å². The molecule has 0 aliphatic heterocycles. The van der Waals surface area contributed by atoms with Crippen LogP contribution in [-0.4, -0.2) is 106 Å². The van der Waals surface area contributed by atoms with E-state index < -0.39 is 27.0 Å². The van der Waals surface area contributed by atoms with Crippen LogP contribution in [0.4, 0.5) is 10.7 Å². The maximum absolute atomic E-state index is 12.5. The number of pyridine rings is 1. The van der Waals surface area contributed by atoms with E-state index in [1.54, 1.807) is 4.72 Å². The predicted molar refractivity (Wildman–Crippen MR) is 105 cm³/mol. The summed E-state index contributed by atoms with van der Waals surface area (Å²) >= 11 is 0. The SMILES string of the molecule is COc1cc(OC)nc(NC(=O)NS(=O)(=O)c2ncccc2C(=O)N(C)C)n1.[CaH2]. The quantitative estimate of drug-likeness (QED) is 0.536. The molecule has 0 spiro atoms. The molecule has 14 heteroatoms. The Bertz CT molecular complexity index is 978. The number of carbonyl (C=O) groups is 2. The summed E-state index contributed by atoms with van der Waals surface area (Å²) in [5, 5.41) is 1.56. The Morgan fingerprint density at radius 2 is 1.69 bits per heavy atom.